The predicted octanol–water partition coefficient (Wildman–Crippen LogP) is 5.66. The topological polar surface area (TPSA) is 98.5 Å². The Bertz CT molecular complexity index is 1860. The second-order valence-corrected chi connectivity index (χ2v) is 11.4. The molecule has 0 bridgehead atoms. The zero-order chi connectivity index (χ0) is 31.8. The van der Waals surface area contributed by atoms with Crippen LogP contribution in [0.4, 0.5) is 19.0 Å². The average molecular weight is 636 g/mol. The van der Waals surface area contributed by atoms with Crippen molar-refractivity contribution < 1.29 is 22.7 Å². The van der Waals surface area contributed by atoms with Gasteiger partial charge in [-0.3, -0.25) is 14.7 Å². The first kappa shape index (κ1) is 30.6. The number of aromatic nitrogens is 3. The molecule has 13 heteroatoms. The van der Waals surface area contributed by atoms with Gasteiger partial charge in [-0.2, -0.15) is 15.2 Å². The van der Waals surface area contributed by atoms with Gasteiger partial charge in [-0.1, -0.05) is 49.4 Å². The molecule has 2 atom stereocenters. The summed E-state index contributed by atoms with van der Waals surface area (Å²) < 4.78 is 50.9. The van der Waals surface area contributed by atoms with Crippen molar-refractivity contribution in [1.29, 1.82) is 5.26 Å². The van der Waals surface area contributed by atoms with Crippen molar-refractivity contribution >= 4 is 45.0 Å². The van der Waals surface area contributed by atoms with Gasteiger partial charge in [-0.05, 0) is 24.4 Å². The van der Waals surface area contributed by atoms with Crippen molar-refractivity contribution in [2.75, 3.05) is 44.2 Å². The van der Waals surface area contributed by atoms with Gasteiger partial charge in [-0.15, -0.1) is 0 Å². The number of pyridine rings is 1. The zero-order valence-corrected chi connectivity index (χ0v) is 25.2. The van der Waals surface area contributed by atoms with Crippen LogP contribution in [0.2, 0.25) is 5.02 Å². The number of carbonyl (C=O) groups excluding carboxylic acids is 1. The molecule has 0 unspecified atom stereocenters. The minimum Gasteiger partial charge on any atom is -0.462 e. The van der Waals surface area contributed by atoms with Crippen molar-refractivity contribution in [1.82, 2.24) is 24.8 Å². The van der Waals surface area contributed by atoms with Gasteiger partial charge in [0.25, 0.3) is 5.91 Å². The Morgan fingerprint density at radius 1 is 1.18 bits per heavy atom. The number of nitriles is 1. The molecule has 45 heavy (non-hydrogen) atoms. The van der Waals surface area contributed by atoms with Crippen molar-refractivity contribution in [3.8, 4) is 23.3 Å². The molecule has 4 heterocycles. The summed E-state index contributed by atoms with van der Waals surface area (Å²) in [6, 6.07) is 9.38. The van der Waals surface area contributed by atoms with Crippen LogP contribution in [0.3, 0.4) is 0 Å². The molecule has 9 nitrogen and oxygen atoms in total. The van der Waals surface area contributed by atoms with E-state index < -0.39 is 29.4 Å². The summed E-state index contributed by atoms with van der Waals surface area (Å²) >= 11 is 6.35. The molecular weight excluding hydrogens is 607 g/mol. The molecule has 2 saturated heterocycles. The van der Waals surface area contributed by atoms with Crippen LogP contribution in [0.25, 0.3) is 32.9 Å². The lowest BCUT2D eigenvalue weighted by atomic mass is 10.0. The summed E-state index contributed by atoms with van der Waals surface area (Å²) in [5.41, 5.74) is 0.143. The molecule has 2 aromatic heterocycles. The Balaban J connectivity index is 1.46. The lowest BCUT2D eigenvalue weighted by molar-refractivity contribution is -0.131. The quantitative estimate of drug-likeness (QED) is 0.229. The van der Waals surface area contributed by atoms with Crippen LogP contribution in [-0.2, 0) is 4.79 Å². The number of hydrogen-bond donors (Lipinski definition) is 0. The Morgan fingerprint density at radius 2 is 2.00 bits per heavy atom. The molecule has 1 amide bonds. The second kappa shape index (κ2) is 12.5. The van der Waals surface area contributed by atoms with Crippen LogP contribution in [0, 0.1) is 23.0 Å². The molecule has 0 spiro atoms. The number of nitrogens with zero attached hydrogens (tertiary/aromatic N) is 7. The summed E-state index contributed by atoms with van der Waals surface area (Å²) in [5.74, 6) is -3.11. The highest BCUT2D eigenvalue weighted by Crippen LogP contribution is 2.38. The van der Waals surface area contributed by atoms with Crippen LogP contribution in [-0.4, -0.2) is 82.1 Å². The molecule has 0 radical (unpaired) electrons. The van der Waals surface area contributed by atoms with E-state index in [-0.39, 0.29) is 59.7 Å². The van der Waals surface area contributed by atoms with Gasteiger partial charge >= 0.3 is 6.01 Å². The van der Waals surface area contributed by atoms with Crippen LogP contribution >= 0.6 is 11.6 Å². The number of anilines is 1. The molecular formula is C32H29ClF3N7O2. The number of halogens is 4. The third-order valence-corrected chi connectivity index (χ3v) is 8.88. The second-order valence-electron chi connectivity index (χ2n) is 11.0. The van der Waals surface area contributed by atoms with E-state index in [0.29, 0.717) is 28.8 Å². The predicted molar refractivity (Wildman–Crippen MR) is 165 cm³/mol. The normalized spacial score (nSPS) is 18.6. The number of rotatable bonds is 8. The first-order chi connectivity index (χ1) is 21.7. The lowest BCUT2D eigenvalue weighted by Crippen LogP contribution is -2.55. The van der Waals surface area contributed by atoms with Crippen molar-refractivity contribution in [2.45, 2.75) is 31.8 Å². The first-order valence-corrected chi connectivity index (χ1v) is 15.0. The summed E-state index contributed by atoms with van der Waals surface area (Å²) in [5, 5.41) is 10.5. The smallest absolute Gasteiger partial charge is 0.319 e. The van der Waals surface area contributed by atoms with Crippen molar-refractivity contribution in [3.05, 3.63) is 65.6 Å². The Labute approximate surface area is 262 Å². The number of likely N-dealkylation sites (N-methyl/N-ethyl adjacent to an activating group) is 1. The molecule has 2 aliphatic heterocycles. The summed E-state index contributed by atoms with van der Waals surface area (Å²) in [6.07, 6.45) is 2.32. The molecule has 2 fully saturated rings. The van der Waals surface area contributed by atoms with Crippen LogP contribution in [0.1, 0.15) is 19.8 Å². The summed E-state index contributed by atoms with van der Waals surface area (Å²) in [4.78, 5) is 31.3. The number of benzene rings is 2. The third kappa shape index (κ3) is 5.62. The van der Waals surface area contributed by atoms with Crippen LogP contribution < -0.4 is 9.64 Å². The van der Waals surface area contributed by atoms with Crippen LogP contribution in [0.15, 0.2) is 48.9 Å². The van der Waals surface area contributed by atoms with Gasteiger partial charge < -0.3 is 14.5 Å². The van der Waals surface area contributed by atoms with E-state index >= 15 is 4.39 Å². The molecule has 0 aliphatic carbocycles. The maximum Gasteiger partial charge on any atom is 0.319 e. The standard InChI is InChI=1S/C32H29ClF3N7O2/c1-3-41-12-10-21(41)17-45-32-39-29-23(30(40-32)42-13-14-43(31(44)18(2)34)20(16-42)9-11-37)15-38-28(27(29)36)22-6-4-5-19-7-8-24(35)26(33)25(19)22/h4-8,15,20-21H,2-3,9-10,12-14,16-17H2,1H3/t20-,21-/m0/s1. The summed E-state index contributed by atoms with van der Waals surface area (Å²) in [7, 11) is 0. The van der Waals surface area contributed by atoms with E-state index in [4.69, 9.17) is 16.3 Å². The van der Waals surface area contributed by atoms with E-state index in [9.17, 15) is 18.8 Å². The minimum absolute atomic E-state index is 0.0500. The fraction of sp³-hybridized carbons (Fsp3) is 0.344. The van der Waals surface area contributed by atoms with Gasteiger partial charge in [0.05, 0.1) is 28.9 Å². The number of amides is 1. The van der Waals surface area contributed by atoms with Gasteiger partial charge in [0.15, 0.2) is 11.6 Å². The number of carbonyl (C=O) groups is 1. The van der Waals surface area contributed by atoms with E-state index in [1.165, 1.54) is 17.2 Å². The fourth-order valence-corrected chi connectivity index (χ4v) is 6.32. The number of fused-ring (bicyclic) bond motifs is 2. The highest BCUT2D eigenvalue weighted by atomic mass is 35.5. The van der Waals surface area contributed by atoms with Crippen molar-refractivity contribution in [2.24, 2.45) is 0 Å². The number of hydrogen-bond acceptors (Lipinski definition) is 8. The molecule has 0 saturated carbocycles. The fourth-order valence-electron chi connectivity index (χ4n) is 6.04. The monoisotopic (exact) mass is 635 g/mol. The maximum atomic E-state index is 16.6. The molecule has 0 N–H and O–H groups in total. The van der Waals surface area contributed by atoms with Gasteiger partial charge in [-0.25, -0.2) is 13.2 Å². The lowest BCUT2D eigenvalue weighted by Gasteiger charge is -2.41. The first-order valence-electron chi connectivity index (χ1n) is 14.6. The van der Waals surface area contributed by atoms with E-state index in [2.05, 4.69) is 39.4 Å². The molecule has 2 aromatic carbocycles. The third-order valence-electron chi connectivity index (χ3n) is 8.51. The molecule has 4 aromatic rings. The number of likely N-dealkylation sites (tertiary alicyclic amines) is 1. The largest absolute Gasteiger partial charge is 0.462 e. The SMILES string of the molecule is C=C(F)C(=O)N1CCN(c2nc(OC[C@@H]3CCN3CC)nc3c(F)c(-c4cccc5ccc(F)c(Cl)c45)ncc23)C[C@@H]1CC#N. The number of piperazine rings is 1. The Kier molecular flexibility index (Phi) is 8.48. The van der Waals surface area contributed by atoms with E-state index in [0.717, 1.165) is 19.5 Å². The minimum atomic E-state index is -1.11. The van der Waals surface area contributed by atoms with E-state index in [1.807, 2.05) is 0 Å². The highest BCUT2D eigenvalue weighted by molar-refractivity contribution is 6.36. The Hall–Kier alpha value is -4.47. The maximum absolute atomic E-state index is 16.6. The van der Waals surface area contributed by atoms with E-state index in [1.54, 1.807) is 29.2 Å². The molecule has 232 valence electrons. The number of ether oxygens (including phenoxy) is 1. The van der Waals surface area contributed by atoms with Crippen molar-refractivity contribution in [3.63, 3.8) is 0 Å². The van der Waals surface area contributed by atoms with Gasteiger partial charge in [0.1, 0.15) is 29.5 Å². The Morgan fingerprint density at radius 3 is 2.71 bits per heavy atom. The highest BCUT2D eigenvalue weighted by Gasteiger charge is 2.34. The van der Waals surface area contributed by atoms with Gasteiger partial charge in [0.2, 0.25) is 0 Å². The summed E-state index contributed by atoms with van der Waals surface area (Å²) in [6.45, 7) is 7.70. The molecule has 6 rings (SSSR count). The zero-order valence-electron chi connectivity index (χ0n) is 24.4. The average Bonchev–Trinajstić information content (AvgIpc) is 3.02. The molecule has 2 aliphatic rings. The van der Waals surface area contributed by atoms with Gasteiger partial charge in [0, 0.05) is 49.4 Å². The van der Waals surface area contributed by atoms with Crippen LogP contribution in [0.5, 0.6) is 6.01 Å².